The lowest BCUT2D eigenvalue weighted by Gasteiger charge is -2.26. The largest absolute Gasteiger partial charge is 0.507 e. The maximum absolute atomic E-state index is 13.4. The number of fused-ring (bicyclic) bond motifs is 1. The van der Waals surface area contributed by atoms with Crippen LogP contribution in [-0.4, -0.2) is 36.0 Å². The fourth-order valence-corrected chi connectivity index (χ4v) is 4.67. The third-order valence-corrected chi connectivity index (χ3v) is 6.38. The molecule has 1 atom stereocenters. The summed E-state index contributed by atoms with van der Waals surface area (Å²) in [5.74, 6) is -0.451. The van der Waals surface area contributed by atoms with Crippen LogP contribution in [0.25, 0.3) is 16.7 Å². The van der Waals surface area contributed by atoms with Crippen molar-refractivity contribution in [3.8, 4) is 11.5 Å². The molecule has 1 aliphatic heterocycles. The Balaban J connectivity index is 1.77. The van der Waals surface area contributed by atoms with Crippen molar-refractivity contribution >= 4 is 34.0 Å². The zero-order valence-electron chi connectivity index (χ0n) is 19.5. The Morgan fingerprint density at radius 2 is 1.49 bits per heavy atom. The number of aromatic nitrogens is 1. The van der Waals surface area contributed by atoms with E-state index in [4.69, 9.17) is 9.47 Å². The minimum Gasteiger partial charge on any atom is -0.507 e. The zero-order chi connectivity index (χ0) is 24.7. The molecule has 2 heterocycles. The first-order valence-electron chi connectivity index (χ1n) is 11.1. The molecule has 0 bridgehead atoms. The van der Waals surface area contributed by atoms with Gasteiger partial charge in [0.1, 0.15) is 17.3 Å². The fraction of sp³-hybridized carbons (Fsp3) is 0.143. The standard InChI is InChI=1S/C28H24N2O5/c1-16-23(21-6-4-5-7-22(21)29-16)25-24(26(31)17-8-12-19(34-2)13-9-17)27(32)28(33)30(25)18-10-14-20(35-3)15-11-18/h4-15,25,29,31H,1-3H3/b26-24+. The number of aromatic amines is 1. The molecular weight excluding hydrogens is 444 g/mol. The van der Waals surface area contributed by atoms with Crippen LogP contribution in [-0.2, 0) is 9.59 Å². The number of nitrogens with zero attached hydrogens (tertiary/aromatic N) is 1. The molecule has 3 aromatic carbocycles. The van der Waals surface area contributed by atoms with Crippen LogP contribution < -0.4 is 14.4 Å². The van der Waals surface area contributed by atoms with Crippen LogP contribution in [0.2, 0.25) is 0 Å². The number of aliphatic hydroxyl groups is 1. The summed E-state index contributed by atoms with van der Waals surface area (Å²) < 4.78 is 10.5. The van der Waals surface area contributed by atoms with Crippen molar-refractivity contribution in [1.82, 2.24) is 4.98 Å². The number of hydrogen-bond acceptors (Lipinski definition) is 5. The van der Waals surface area contributed by atoms with Gasteiger partial charge in [0, 0.05) is 33.4 Å². The van der Waals surface area contributed by atoms with Crippen LogP contribution in [0.5, 0.6) is 11.5 Å². The number of carbonyl (C=O) groups is 2. The Morgan fingerprint density at radius 3 is 2.11 bits per heavy atom. The quantitative estimate of drug-likeness (QED) is 0.241. The van der Waals surface area contributed by atoms with E-state index in [1.54, 1.807) is 62.8 Å². The molecule has 2 N–H and O–H groups in total. The number of methoxy groups -OCH3 is 2. The number of anilines is 1. The normalized spacial score (nSPS) is 17.2. The third-order valence-electron chi connectivity index (χ3n) is 6.38. The minimum absolute atomic E-state index is 0.0313. The van der Waals surface area contributed by atoms with Gasteiger partial charge < -0.3 is 19.6 Å². The smallest absolute Gasteiger partial charge is 0.300 e. The monoisotopic (exact) mass is 468 g/mol. The Kier molecular flexibility index (Phi) is 5.53. The minimum atomic E-state index is -0.832. The number of carbonyl (C=O) groups excluding carboxylic acids is 2. The SMILES string of the molecule is COc1ccc(/C(O)=C2\C(=O)C(=O)N(c3ccc(OC)cc3)C2c2c(C)[nH]c3ccccc23)cc1. The second kappa shape index (κ2) is 8.68. The van der Waals surface area contributed by atoms with Gasteiger partial charge in [-0.3, -0.25) is 14.5 Å². The number of hydrogen-bond donors (Lipinski definition) is 2. The number of ether oxygens (including phenoxy) is 2. The van der Waals surface area contributed by atoms with E-state index in [9.17, 15) is 14.7 Å². The molecule has 0 saturated carbocycles. The Hall–Kier alpha value is -4.52. The van der Waals surface area contributed by atoms with Crippen molar-refractivity contribution in [2.45, 2.75) is 13.0 Å². The Bertz CT molecular complexity index is 1470. The highest BCUT2D eigenvalue weighted by Crippen LogP contribution is 2.45. The maximum atomic E-state index is 13.4. The first-order valence-corrected chi connectivity index (χ1v) is 11.1. The predicted octanol–water partition coefficient (Wildman–Crippen LogP) is 5.12. The van der Waals surface area contributed by atoms with Crippen LogP contribution in [0.3, 0.4) is 0 Å². The van der Waals surface area contributed by atoms with Gasteiger partial charge in [0.05, 0.1) is 25.8 Å². The molecule has 0 spiro atoms. The fourth-order valence-electron chi connectivity index (χ4n) is 4.67. The molecule has 5 rings (SSSR count). The molecule has 0 aliphatic carbocycles. The average Bonchev–Trinajstić information content (AvgIpc) is 3.35. The van der Waals surface area contributed by atoms with Gasteiger partial charge in [0.15, 0.2) is 0 Å². The van der Waals surface area contributed by atoms with E-state index in [0.29, 0.717) is 22.7 Å². The number of benzene rings is 3. The molecular formula is C28H24N2O5. The highest BCUT2D eigenvalue weighted by atomic mass is 16.5. The van der Waals surface area contributed by atoms with E-state index in [1.807, 2.05) is 31.2 Å². The van der Waals surface area contributed by atoms with Crippen LogP contribution in [0, 0.1) is 6.92 Å². The number of rotatable bonds is 5. The zero-order valence-corrected chi connectivity index (χ0v) is 19.5. The van der Waals surface area contributed by atoms with E-state index in [2.05, 4.69) is 4.98 Å². The average molecular weight is 469 g/mol. The molecule has 176 valence electrons. The summed E-state index contributed by atoms with van der Waals surface area (Å²) >= 11 is 0. The molecule has 4 aromatic rings. The molecule has 7 nitrogen and oxygen atoms in total. The van der Waals surface area contributed by atoms with Gasteiger partial charge in [-0.05, 0) is 61.5 Å². The number of amides is 1. The van der Waals surface area contributed by atoms with Crippen molar-refractivity contribution in [2.24, 2.45) is 0 Å². The summed E-state index contributed by atoms with van der Waals surface area (Å²) in [5, 5.41) is 12.2. The van der Waals surface area contributed by atoms with E-state index in [1.165, 1.54) is 4.90 Å². The van der Waals surface area contributed by atoms with Crippen molar-refractivity contribution in [1.29, 1.82) is 0 Å². The number of Topliss-reactive ketones (excluding diaryl/α,β-unsaturated/α-hetero) is 1. The number of ketones is 1. The lowest BCUT2D eigenvalue weighted by molar-refractivity contribution is -0.132. The highest BCUT2D eigenvalue weighted by Gasteiger charge is 2.48. The highest BCUT2D eigenvalue weighted by molar-refractivity contribution is 6.52. The van der Waals surface area contributed by atoms with E-state index in [0.717, 1.165) is 22.2 Å². The molecule has 35 heavy (non-hydrogen) atoms. The Labute approximate surface area is 202 Å². The lowest BCUT2D eigenvalue weighted by Crippen LogP contribution is -2.29. The second-order valence-corrected chi connectivity index (χ2v) is 8.30. The molecule has 0 radical (unpaired) electrons. The van der Waals surface area contributed by atoms with Gasteiger partial charge in [-0.1, -0.05) is 18.2 Å². The number of H-pyrrole nitrogens is 1. The van der Waals surface area contributed by atoms with Gasteiger partial charge in [0.25, 0.3) is 11.7 Å². The predicted molar refractivity (Wildman–Crippen MR) is 134 cm³/mol. The van der Waals surface area contributed by atoms with Crippen LogP contribution >= 0.6 is 0 Å². The molecule has 1 aliphatic rings. The van der Waals surface area contributed by atoms with Gasteiger partial charge in [-0.25, -0.2) is 0 Å². The maximum Gasteiger partial charge on any atom is 0.300 e. The lowest BCUT2D eigenvalue weighted by atomic mass is 9.93. The number of para-hydroxylation sites is 1. The molecule has 1 saturated heterocycles. The number of aliphatic hydroxyl groups excluding tert-OH is 1. The van der Waals surface area contributed by atoms with E-state index >= 15 is 0 Å². The van der Waals surface area contributed by atoms with Crippen LogP contribution in [0.4, 0.5) is 5.69 Å². The molecule has 1 aromatic heterocycles. The Morgan fingerprint density at radius 1 is 0.886 bits per heavy atom. The topological polar surface area (TPSA) is 91.9 Å². The summed E-state index contributed by atoms with van der Waals surface area (Å²) in [4.78, 5) is 31.7. The first kappa shape index (κ1) is 22.3. The van der Waals surface area contributed by atoms with Crippen LogP contribution in [0.15, 0.2) is 78.4 Å². The summed E-state index contributed by atoms with van der Waals surface area (Å²) in [6.07, 6.45) is 0. The number of aryl methyl sites for hydroxylation is 1. The second-order valence-electron chi connectivity index (χ2n) is 8.30. The van der Waals surface area contributed by atoms with Crippen molar-refractivity contribution in [3.05, 3.63) is 95.2 Å². The molecule has 1 amide bonds. The van der Waals surface area contributed by atoms with Gasteiger partial charge in [-0.2, -0.15) is 0 Å². The summed E-state index contributed by atoms with van der Waals surface area (Å²) in [5.41, 5.74) is 3.41. The van der Waals surface area contributed by atoms with E-state index < -0.39 is 17.7 Å². The van der Waals surface area contributed by atoms with Gasteiger partial charge in [0.2, 0.25) is 0 Å². The van der Waals surface area contributed by atoms with Crippen molar-refractivity contribution < 1.29 is 24.2 Å². The summed E-state index contributed by atoms with van der Waals surface area (Å²) in [6, 6.07) is 20.5. The molecule has 1 unspecified atom stereocenters. The van der Waals surface area contributed by atoms with Gasteiger partial charge in [-0.15, -0.1) is 0 Å². The third kappa shape index (κ3) is 3.61. The van der Waals surface area contributed by atoms with Crippen LogP contribution in [0.1, 0.15) is 22.9 Å². The molecule has 7 heteroatoms. The number of nitrogens with one attached hydrogen (secondary N) is 1. The summed E-state index contributed by atoms with van der Waals surface area (Å²) in [6.45, 7) is 1.90. The summed E-state index contributed by atoms with van der Waals surface area (Å²) in [7, 11) is 3.11. The van der Waals surface area contributed by atoms with E-state index in [-0.39, 0.29) is 11.3 Å². The van der Waals surface area contributed by atoms with Crippen molar-refractivity contribution in [2.75, 3.05) is 19.1 Å². The van der Waals surface area contributed by atoms with Crippen molar-refractivity contribution in [3.63, 3.8) is 0 Å². The van der Waals surface area contributed by atoms with Gasteiger partial charge >= 0.3 is 0 Å². The first-order chi connectivity index (χ1) is 16.9. The molecule has 1 fully saturated rings.